The van der Waals surface area contributed by atoms with Gasteiger partial charge < -0.3 is 4.42 Å². The number of benzene rings is 2. The summed E-state index contributed by atoms with van der Waals surface area (Å²) in [6.07, 6.45) is 0.274. The minimum Gasteiger partial charge on any atom is -0.423 e. The Kier molecular flexibility index (Phi) is 4.99. The zero-order chi connectivity index (χ0) is 19.6. The first-order valence-corrected chi connectivity index (χ1v) is 9.58. The molecule has 3 aromatic rings. The molecule has 0 aliphatic heterocycles. The van der Waals surface area contributed by atoms with E-state index in [1.807, 2.05) is 6.92 Å². The second-order valence-corrected chi connectivity index (χ2v) is 7.62. The van der Waals surface area contributed by atoms with Crippen molar-refractivity contribution in [2.45, 2.75) is 13.3 Å². The highest BCUT2D eigenvalue weighted by molar-refractivity contribution is 7.90. The molecule has 0 aliphatic rings. The average Bonchev–Trinajstić information content (AvgIpc) is 2.65. The third-order valence-electron chi connectivity index (χ3n) is 4.24. The Balaban J connectivity index is 2.02. The van der Waals surface area contributed by atoms with Gasteiger partial charge in [-0.3, -0.25) is 4.72 Å². The number of rotatable bonds is 5. The Morgan fingerprint density at radius 2 is 1.96 bits per heavy atom. The van der Waals surface area contributed by atoms with Gasteiger partial charge >= 0.3 is 5.63 Å². The van der Waals surface area contributed by atoms with E-state index in [-0.39, 0.29) is 6.42 Å². The largest absolute Gasteiger partial charge is 0.423 e. The molecular formula is C19H17N3O4S. The van der Waals surface area contributed by atoms with Gasteiger partial charge in [0.05, 0.1) is 17.3 Å². The third kappa shape index (κ3) is 4.00. The molecule has 1 aromatic heterocycles. The summed E-state index contributed by atoms with van der Waals surface area (Å²) in [5.41, 5.74) is 2.79. The molecular weight excluding hydrogens is 366 g/mol. The second-order valence-electron chi connectivity index (χ2n) is 6.00. The number of nitrogens with zero attached hydrogens (tertiary/aromatic N) is 1. The van der Waals surface area contributed by atoms with Gasteiger partial charge in [0, 0.05) is 24.4 Å². The van der Waals surface area contributed by atoms with E-state index in [0.717, 1.165) is 11.1 Å². The fourth-order valence-electron chi connectivity index (χ4n) is 2.82. The number of nitrogens with one attached hydrogen (secondary N) is 2. The first-order chi connectivity index (χ1) is 12.8. The molecule has 0 spiro atoms. The van der Waals surface area contributed by atoms with Crippen LogP contribution in [0.3, 0.4) is 0 Å². The molecule has 2 N–H and O–H groups in total. The van der Waals surface area contributed by atoms with E-state index in [2.05, 4.69) is 15.5 Å². The van der Waals surface area contributed by atoms with E-state index < -0.39 is 15.8 Å². The Bertz CT molecular complexity index is 1220. The van der Waals surface area contributed by atoms with Crippen molar-refractivity contribution >= 4 is 26.9 Å². The van der Waals surface area contributed by atoms with Crippen LogP contribution < -0.4 is 15.1 Å². The van der Waals surface area contributed by atoms with Gasteiger partial charge in [-0.2, -0.15) is 13.7 Å². The van der Waals surface area contributed by atoms with Crippen LogP contribution in [0.2, 0.25) is 0 Å². The molecule has 0 amide bonds. The lowest BCUT2D eigenvalue weighted by molar-refractivity contribution is 0.551. The molecule has 0 saturated heterocycles. The number of hydrogen-bond acceptors (Lipinski definition) is 5. The van der Waals surface area contributed by atoms with Crippen LogP contribution in [0.5, 0.6) is 0 Å². The van der Waals surface area contributed by atoms with Gasteiger partial charge in [-0.25, -0.2) is 9.52 Å². The van der Waals surface area contributed by atoms with Crippen LogP contribution in [-0.2, 0) is 16.6 Å². The molecule has 8 heteroatoms. The van der Waals surface area contributed by atoms with Crippen LogP contribution in [0, 0.1) is 18.3 Å². The van der Waals surface area contributed by atoms with Gasteiger partial charge in [-0.15, -0.1) is 0 Å². The van der Waals surface area contributed by atoms with Crippen molar-refractivity contribution < 1.29 is 12.8 Å². The van der Waals surface area contributed by atoms with Crippen LogP contribution in [0.4, 0.5) is 5.69 Å². The Hall–Kier alpha value is -3.15. The highest BCUT2D eigenvalue weighted by atomic mass is 32.2. The molecule has 2 aromatic carbocycles. The van der Waals surface area contributed by atoms with E-state index >= 15 is 0 Å². The Labute approximate surface area is 156 Å². The van der Waals surface area contributed by atoms with Crippen LogP contribution >= 0.6 is 0 Å². The zero-order valence-electron chi connectivity index (χ0n) is 14.7. The van der Waals surface area contributed by atoms with E-state index in [1.54, 1.807) is 42.5 Å². The first-order valence-electron chi connectivity index (χ1n) is 8.09. The lowest BCUT2D eigenvalue weighted by Gasteiger charge is -2.10. The molecule has 0 saturated carbocycles. The van der Waals surface area contributed by atoms with E-state index in [4.69, 9.17) is 9.68 Å². The number of aryl methyl sites for hydroxylation is 1. The lowest BCUT2D eigenvalue weighted by Crippen LogP contribution is -2.26. The standard InChI is InChI=1S/C19H17N3O4S/c1-12-16-10-14(11-20)6-7-18(16)26-19(23)17(12)9-13-4-3-5-15(8-13)22-27(24,25)21-2/h3-8,10,21-22H,9H2,1-2H3. The summed E-state index contributed by atoms with van der Waals surface area (Å²) in [7, 11) is -2.32. The van der Waals surface area contributed by atoms with Crippen molar-refractivity contribution in [1.82, 2.24) is 4.72 Å². The van der Waals surface area contributed by atoms with Gasteiger partial charge in [0.15, 0.2) is 0 Å². The van der Waals surface area contributed by atoms with Gasteiger partial charge in [0.1, 0.15) is 5.58 Å². The number of nitriles is 1. The predicted molar refractivity (Wildman–Crippen MR) is 103 cm³/mol. The van der Waals surface area contributed by atoms with Gasteiger partial charge in [-0.1, -0.05) is 12.1 Å². The molecule has 1 heterocycles. The summed E-state index contributed by atoms with van der Waals surface area (Å²) in [6, 6.07) is 13.7. The van der Waals surface area contributed by atoms with Crippen molar-refractivity contribution in [2.75, 3.05) is 11.8 Å². The normalized spacial score (nSPS) is 11.3. The quantitative estimate of drug-likeness (QED) is 0.657. The molecule has 3 rings (SSSR count). The van der Waals surface area contributed by atoms with Crippen LogP contribution in [0.25, 0.3) is 11.0 Å². The van der Waals surface area contributed by atoms with Crippen molar-refractivity contribution in [2.24, 2.45) is 0 Å². The van der Waals surface area contributed by atoms with Crippen LogP contribution in [0.15, 0.2) is 51.7 Å². The molecule has 27 heavy (non-hydrogen) atoms. The van der Waals surface area contributed by atoms with E-state index in [9.17, 15) is 13.2 Å². The summed E-state index contributed by atoms with van der Waals surface area (Å²) in [5, 5.41) is 9.79. The third-order valence-corrected chi connectivity index (χ3v) is 5.29. The van der Waals surface area contributed by atoms with Crippen molar-refractivity contribution in [3.63, 3.8) is 0 Å². The summed E-state index contributed by atoms with van der Waals surface area (Å²) < 4.78 is 33.2. The maximum absolute atomic E-state index is 12.4. The summed E-state index contributed by atoms with van der Waals surface area (Å²) >= 11 is 0. The Morgan fingerprint density at radius 3 is 2.67 bits per heavy atom. The molecule has 0 bridgehead atoms. The fourth-order valence-corrected chi connectivity index (χ4v) is 3.36. The predicted octanol–water partition coefficient (Wildman–Crippen LogP) is 2.44. The molecule has 0 atom stereocenters. The average molecular weight is 383 g/mol. The van der Waals surface area contributed by atoms with Crippen molar-refractivity contribution in [1.29, 1.82) is 5.26 Å². The Morgan fingerprint density at radius 1 is 1.19 bits per heavy atom. The minimum atomic E-state index is -3.63. The zero-order valence-corrected chi connectivity index (χ0v) is 15.6. The number of fused-ring (bicyclic) bond motifs is 1. The second kappa shape index (κ2) is 7.23. The maximum atomic E-state index is 12.4. The van der Waals surface area contributed by atoms with E-state index in [0.29, 0.717) is 27.8 Å². The number of anilines is 1. The van der Waals surface area contributed by atoms with Gasteiger partial charge in [0.2, 0.25) is 0 Å². The smallest absolute Gasteiger partial charge is 0.340 e. The maximum Gasteiger partial charge on any atom is 0.340 e. The minimum absolute atomic E-state index is 0.274. The highest BCUT2D eigenvalue weighted by Crippen LogP contribution is 2.23. The van der Waals surface area contributed by atoms with Crippen LogP contribution in [-0.4, -0.2) is 15.5 Å². The first kappa shape index (κ1) is 18.6. The molecule has 0 unspecified atom stereocenters. The van der Waals surface area contributed by atoms with Crippen LogP contribution in [0.1, 0.15) is 22.3 Å². The summed E-state index contributed by atoms with van der Waals surface area (Å²) in [6.45, 7) is 1.81. The molecule has 0 radical (unpaired) electrons. The SMILES string of the molecule is CNS(=O)(=O)Nc1cccc(Cc2c(C)c3cc(C#N)ccc3oc2=O)c1. The molecule has 0 fully saturated rings. The molecule has 7 nitrogen and oxygen atoms in total. The fraction of sp³-hybridized carbons (Fsp3) is 0.158. The number of hydrogen-bond donors (Lipinski definition) is 2. The van der Waals surface area contributed by atoms with Gasteiger partial charge in [0.25, 0.3) is 10.2 Å². The monoisotopic (exact) mass is 383 g/mol. The lowest BCUT2D eigenvalue weighted by atomic mass is 9.98. The van der Waals surface area contributed by atoms with Gasteiger partial charge in [-0.05, 0) is 48.4 Å². The molecule has 138 valence electrons. The van der Waals surface area contributed by atoms with Crippen molar-refractivity contribution in [3.05, 3.63) is 75.1 Å². The summed E-state index contributed by atoms with van der Waals surface area (Å²) in [4.78, 5) is 12.4. The summed E-state index contributed by atoms with van der Waals surface area (Å²) in [5.74, 6) is 0. The van der Waals surface area contributed by atoms with Crippen molar-refractivity contribution in [3.8, 4) is 6.07 Å². The molecule has 0 aliphatic carbocycles. The van der Waals surface area contributed by atoms with E-state index in [1.165, 1.54) is 7.05 Å². The highest BCUT2D eigenvalue weighted by Gasteiger charge is 2.13. The topological polar surface area (TPSA) is 112 Å².